The summed E-state index contributed by atoms with van der Waals surface area (Å²) in [6.07, 6.45) is 3.14. The van der Waals surface area contributed by atoms with Crippen LogP contribution in [0.15, 0.2) is 24.5 Å². The highest BCUT2D eigenvalue weighted by molar-refractivity contribution is 5.93. The van der Waals surface area contributed by atoms with Crippen molar-refractivity contribution in [3.8, 4) is 0 Å². The van der Waals surface area contributed by atoms with E-state index in [2.05, 4.69) is 4.98 Å². The lowest BCUT2D eigenvalue weighted by atomic mass is 10.2. The molecule has 1 amide bonds. The second-order valence-corrected chi connectivity index (χ2v) is 2.69. The van der Waals surface area contributed by atoms with E-state index in [0.29, 0.717) is 12.1 Å². The van der Waals surface area contributed by atoms with Crippen LogP contribution in [0.3, 0.4) is 0 Å². The molecular formula is C9H12N2O2. The molecule has 1 aromatic rings. The Hall–Kier alpha value is -1.42. The summed E-state index contributed by atoms with van der Waals surface area (Å²) in [5.74, 6) is -0.101. The SMILES string of the molecule is CN(CCO)C(=O)c1ccncc1. The number of aliphatic hydroxyl groups excluding tert-OH is 1. The minimum atomic E-state index is -0.101. The average Bonchev–Trinajstić information content (AvgIpc) is 2.18. The topological polar surface area (TPSA) is 53.4 Å². The minimum Gasteiger partial charge on any atom is -0.395 e. The van der Waals surface area contributed by atoms with Gasteiger partial charge in [-0.25, -0.2) is 0 Å². The molecule has 0 fully saturated rings. The highest BCUT2D eigenvalue weighted by Crippen LogP contribution is 2.00. The smallest absolute Gasteiger partial charge is 0.253 e. The van der Waals surface area contributed by atoms with Crippen LogP contribution in [-0.4, -0.2) is 41.1 Å². The zero-order valence-corrected chi connectivity index (χ0v) is 7.47. The van der Waals surface area contributed by atoms with Crippen molar-refractivity contribution in [2.45, 2.75) is 0 Å². The van der Waals surface area contributed by atoms with Crippen molar-refractivity contribution in [2.24, 2.45) is 0 Å². The molecule has 0 spiro atoms. The van der Waals surface area contributed by atoms with E-state index in [1.54, 1.807) is 31.6 Å². The molecule has 0 aliphatic rings. The van der Waals surface area contributed by atoms with Gasteiger partial charge in [-0.05, 0) is 12.1 Å². The molecule has 0 saturated carbocycles. The van der Waals surface area contributed by atoms with E-state index in [4.69, 9.17) is 5.11 Å². The highest BCUT2D eigenvalue weighted by Gasteiger charge is 2.09. The van der Waals surface area contributed by atoms with Gasteiger partial charge in [0.15, 0.2) is 0 Å². The van der Waals surface area contributed by atoms with Crippen LogP contribution < -0.4 is 0 Å². The largest absolute Gasteiger partial charge is 0.395 e. The van der Waals surface area contributed by atoms with E-state index < -0.39 is 0 Å². The van der Waals surface area contributed by atoms with Crippen LogP contribution in [0.4, 0.5) is 0 Å². The maximum absolute atomic E-state index is 11.5. The van der Waals surface area contributed by atoms with Gasteiger partial charge in [0.25, 0.3) is 5.91 Å². The van der Waals surface area contributed by atoms with E-state index in [1.807, 2.05) is 0 Å². The summed E-state index contributed by atoms with van der Waals surface area (Å²) in [7, 11) is 1.65. The summed E-state index contributed by atoms with van der Waals surface area (Å²) in [5.41, 5.74) is 0.589. The molecule has 0 aromatic carbocycles. The number of carbonyl (C=O) groups is 1. The fourth-order valence-electron chi connectivity index (χ4n) is 0.966. The number of carbonyl (C=O) groups excluding carboxylic acids is 1. The number of pyridine rings is 1. The average molecular weight is 180 g/mol. The molecule has 1 rings (SSSR count). The Bertz CT molecular complexity index is 274. The van der Waals surface area contributed by atoms with Crippen molar-refractivity contribution in [3.63, 3.8) is 0 Å². The number of amides is 1. The van der Waals surface area contributed by atoms with Crippen LogP contribution in [0, 0.1) is 0 Å². The van der Waals surface area contributed by atoms with Crippen LogP contribution in [0.25, 0.3) is 0 Å². The van der Waals surface area contributed by atoms with Crippen molar-refractivity contribution in [3.05, 3.63) is 30.1 Å². The monoisotopic (exact) mass is 180 g/mol. The van der Waals surface area contributed by atoms with Gasteiger partial charge in [-0.15, -0.1) is 0 Å². The van der Waals surface area contributed by atoms with Crippen LogP contribution >= 0.6 is 0 Å². The van der Waals surface area contributed by atoms with Gasteiger partial charge in [0, 0.05) is 31.5 Å². The zero-order valence-electron chi connectivity index (χ0n) is 7.47. The maximum atomic E-state index is 11.5. The van der Waals surface area contributed by atoms with Crippen LogP contribution in [-0.2, 0) is 0 Å². The van der Waals surface area contributed by atoms with Crippen LogP contribution in [0.5, 0.6) is 0 Å². The van der Waals surface area contributed by atoms with Gasteiger partial charge in [0.1, 0.15) is 0 Å². The Labute approximate surface area is 76.8 Å². The van der Waals surface area contributed by atoms with Crippen molar-refractivity contribution >= 4 is 5.91 Å². The third kappa shape index (κ3) is 2.52. The van der Waals surface area contributed by atoms with Crippen molar-refractivity contribution in [1.82, 2.24) is 9.88 Å². The van der Waals surface area contributed by atoms with Crippen molar-refractivity contribution < 1.29 is 9.90 Å². The summed E-state index contributed by atoms with van der Waals surface area (Å²) in [6, 6.07) is 3.30. The molecule has 1 aromatic heterocycles. The number of rotatable bonds is 3. The molecule has 0 radical (unpaired) electrons. The molecule has 1 heterocycles. The predicted molar refractivity (Wildman–Crippen MR) is 48.3 cm³/mol. The number of aromatic nitrogens is 1. The molecule has 0 unspecified atom stereocenters. The first-order valence-corrected chi connectivity index (χ1v) is 4.02. The second kappa shape index (κ2) is 4.57. The fourth-order valence-corrected chi connectivity index (χ4v) is 0.966. The Morgan fingerprint density at radius 2 is 2.15 bits per heavy atom. The van der Waals surface area contributed by atoms with Crippen molar-refractivity contribution in [1.29, 1.82) is 0 Å². The van der Waals surface area contributed by atoms with Crippen molar-refractivity contribution in [2.75, 3.05) is 20.2 Å². The van der Waals surface area contributed by atoms with Gasteiger partial charge in [0.05, 0.1) is 6.61 Å². The summed E-state index contributed by atoms with van der Waals surface area (Å²) in [4.78, 5) is 16.8. The molecule has 1 N–H and O–H groups in total. The Morgan fingerprint density at radius 1 is 1.54 bits per heavy atom. The second-order valence-electron chi connectivity index (χ2n) is 2.69. The molecule has 0 bridgehead atoms. The van der Waals surface area contributed by atoms with Crippen LogP contribution in [0.2, 0.25) is 0 Å². The summed E-state index contributed by atoms with van der Waals surface area (Å²) in [5, 5.41) is 8.63. The van der Waals surface area contributed by atoms with E-state index in [0.717, 1.165) is 0 Å². The Kier molecular flexibility index (Phi) is 3.40. The first kappa shape index (κ1) is 9.67. The van der Waals surface area contributed by atoms with E-state index in [9.17, 15) is 4.79 Å². The lowest BCUT2D eigenvalue weighted by Crippen LogP contribution is -2.29. The summed E-state index contributed by atoms with van der Waals surface area (Å²) in [6.45, 7) is 0.328. The molecule has 4 nitrogen and oxygen atoms in total. The number of likely N-dealkylation sites (N-methyl/N-ethyl adjacent to an activating group) is 1. The lowest BCUT2D eigenvalue weighted by Gasteiger charge is -2.14. The van der Waals surface area contributed by atoms with Gasteiger partial charge >= 0.3 is 0 Å². The third-order valence-electron chi connectivity index (χ3n) is 1.71. The molecule has 4 heteroatoms. The Balaban J connectivity index is 2.68. The van der Waals surface area contributed by atoms with E-state index in [1.165, 1.54) is 4.90 Å². The van der Waals surface area contributed by atoms with Gasteiger partial charge in [-0.2, -0.15) is 0 Å². The normalized spacial score (nSPS) is 9.69. The molecular weight excluding hydrogens is 168 g/mol. The lowest BCUT2D eigenvalue weighted by molar-refractivity contribution is 0.0767. The Morgan fingerprint density at radius 3 is 2.69 bits per heavy atom. The van der Waals surface area contributed by atoms with E-state index >= 15 is 0 Å². The predicted octanol–water partition coefficient (Wildman–Crippen LogP) is 0.146. The standard InChI is InChI=1S/C9H12N2O2/c1-11(6-7-12)9(13)8-2-4-10-5-3-8/h2-5,12H,6-7H2,1H3. The number of nitrogens with zero attached hydrogens (tertiary/aromatic N) is 2. The molecule has 13 heavy (non-hydrogen) atoms. The minimum absolute atomic E-state index is 0.0205. The molecule has 70 valence electrons. The van der Waals surface area contributed by atoms with Gasteiger partial charge in [-0.1, -0.05) is 0 Å². The van der Waals surface area contributed by atoms with Crippen LogP contribution in [0.1, 0.15) is 10.4 Å². The molecule has 0 aliphatic carbocycles. The van der Waals surface area contributed by atoms with Gasteiger partial charge in [-0.3, -0.25) is 9.78 Å². The third-order valence-corrected chi connectivity index (χ3v) is 1.71. The van der Waals surface area contributed by atoms with E-state index in [-0.39, 0.29) is 12.5 Å². The number of hydrogen-bond donors (Lipinski definition) is 1. The quantitative estimate of drug-likeness (QED) is 0.720. The zero-order chi connectivity index (χ0) is 9.68. The fraction of sp³-hybridized carbons (Fsp3) is 0.333. The van der Waals surface area contributed by atoms with Gasteiger partial charge < -0.3 is 10.0 Å². The van der Waals surface area contributed by atoms with Gasteiger partial charge in [0.2, 0.25) is 0 Å². The maximum Gasteiger partial charge on any atom is 0.253 e. The molecule has 0 atom stereocenters. The summed E-state index contributed by atoms with van der Waals surface area (Å²) >= 11 is 0. The molecule has 0 saturated heterocycles. The number of aliphatic hydroxyl groups is 1. The highest BCUT2D eigenvalue weighted by atomic mass is 16.3. The number of hydrogen-bond acceptors (Lipinski definition) is 3. The summed E-state index contributed by atoms with van der Waals surface area (Å²) < 4.78 is 0. The molecule has 0 aliphatic heterocycles. The first-order valence-electron chi connectivity index (χ1n) is 4.02. The first-order chi connectivity index (χ1) is 6.25.